The van der Waals surface area contributed by atoms with Crippen molar-refractivity contribution in [2.24, 2.45) is 17.6 Å². The maximum Gasteiger partial charge on any atom is 0.257 e. The number of piperidine rings is 1. The number of hydrogen-bond donors (Lipinski definition) is 1. The Morgan fingerprint density at radius 2 is 2.00 bits per heavy atom. The number of nitrogens with two attached hydrogens (primary N) is 1. The number of anilines is 1. The molecule has 136 valence electrons. The van der Waals surface area contributed by atoms with Gasteiger partial charge in [-0.05, 0) is 31.2 Å². The van der Waals surface area contributed by atoms with Gasteiger partial charge in [0, 0.05) is 46.2 Å². The van der Waals surface area contributed by atoms with Crippen LogP contribution in [0, 0.1) is 11.8 Å². The van der Waals surface area contributed by atoms with Crippen LogP contribution in [0.15, 0.2) is 18.5 Å². The maximum atomic E-state index is 12.9. The van der Waals surface area contributed by atoms with E-state index in [1.54, 1.807) is 12.4 Å². The molecule has 0 radical (unpaired) electrons. The van der Waals surface area contributed by atoms with Gasteiger partial charge in [-0.1, -0.05) is 0 Å². The molecule has 2 atom stereocenters. The van der Waals surface area contributed by atoms with Crippen molar-refractivity contribution in [3.63, 3.8) is 0 Å². The summed E-state index contributed by atoms with van der Waals surface area (Å²) in [4.78, 5) is 32.4. The molecule has 2 saturated heterocycles. The lowest BCUT2D eigenvalue weighted by molar-refractivity contribution is -0.124. The quantitative estimate of drug-likeness (QED) is 0.875. The molecule has 25 heavy (non-hydrogen) atoms. The van der Waals surface area contributed by atoms with Crippen LogP contribution in [0.25, 0.3) is 0 Å². The van der Waals surface area contributed by atoms with Gasteiger partial charge in [0.2, 0.25) is 5.91 Å². The average molecular weight is 346 g/mol. The minimum atomic E-state index is -0.271. The lowest BCUT2D eigenvalue weighted by atomic mass is 9.84. The van der Waals surface area contributed by atoms with Crippen LogP contribution in [-0.4, -0.2) is 61.6 Å². The van der Waals surface area contributed by atoms with Gasteiger partial charge in [0.1, 0.15) is 0 Å². The van der Waals surface area contributed by atoms with Crippen molar-refractivity contribution in [1.29, 1.82) is 0 Å². The van der Waals surface area contributed by atoms with Gasteiger partial charge < -0.3 is 20.3 Å². The molecule has 2 fully saturated rings. The standard InChI is InChI=1S/C18H26N4O3/c1-21(2)15-3-7-20-11-14(15)18(24)22-8-4-12(5-9-22)16-13(17(19)23)6-10-25-16/h3,7,11-13,16H,4-6,8-10H2,1-2H3,(H2,19,23)/t13-,16+/m0/s1. The lowest BCUT2D eigenvalue weighted by Gasteiger charge is -2.36. The molecule has 0 aromatic carbocycles. The molecule has 0 spiro atoms. The van der Waals surface area contributed by atoms with Gasteiger partial charge in [-0.3, -0.25) is 14.6 Å². The first kappa shape index (κ1) is 17.7. The second-order valence-corrected chi connectivity index (χ2v) is 7.05. The topological polar surface area (TPSA) is 88.8 Å². The van der Waals surface area contributed by atoms with Crippen LogP contribution in [0.2, 0.25) is 0 Å². The zero-order chi connectivity index (χ0) is 18.0. The number of likely N-dealkylation sites (tertiary alicyclic amines) is 1. The molecule has 0 unspecified atom stereocenters. The van der Waals surface area contributed by atoms with Gasteiger partial charge in [-0.25, -0.2) is 0 Å². The summed E-state index contributed by atoms with van der Waals surface area (Å²) in [5.74, 6) is -0.168. The third kappa shape index (κ3) is 3.61. The monoisotopic (exact) mass is 346 g/mol. The van der Waals surface area contributed by atoms with Crippen molar-refractivity contribution < 1.29 is 14.3 Å². The fourth-order valence-corrected chi connectivity index (χ4v) is 3.92. The summed E-state index contributed by atoms with van der Waals surface area (Å²) < 4.78 is 5.78. The lowest BCUT2D eigenvalue weighted by Crippen LogP contribution is -2.44. The van der Waals surface area contributed by atoms with E-state index in [9.17, 15) is 9.59 Å². The molecule has 3 heterocycles. The molecule has 1 aromatic heterocycles. The third-order valence-electron chi connectivity index (χ3n) is 5.30. The van der Waals surface area contributed by atoms with Crippen molar-refractivity contribution >= 4 is 17.5 Å². The van der Waals surface area contributed by atoms with E-state index >= 15 is 0 Å². The number of amides is 2. The van der Waals surface area contributed by atoms with E-state index in [2.05, 4.69) is 4.98 Å². The van der Waals surface area contributed by atoms with Crippen LogP contribution in [0.4, 0.5) is 5.69 Å². The van der Waals surface area contributed by atoms with Crippen LogP contribution in [-0.2, 0) is 9.53 Å². The summed E-state index contributed by atoms with van der Waals surface area (Å²) in [5, 5.41) is 0. The van der Waals surface area contributed by atoms with Crippen LogP contribution >= 0.6 is 0 Å². The highest BCUT2D eigenvalue weighted by Crippen LogP contribution is 2.33. The Bertz CT molecular complexity index is 641. The predicted octanol–water partition coefficient (Wildman–Crippen LogP) is 0.890. The molecule has 1 aromatic rings. The van der Waals surface area contributed by atoms with Crippen LogP contribution in [0.1, 0.15) is 29.6 Å². The molecule has 2 aliphatic rings. The molecule has 2 amide bonds. The van der Waals surface area contributed by atoms with Crippen LogP contribution in [0.5, 0.6) is 0 Å². The molecule has 7 nitrogen and oxygen atoms in total. The number of pyridine rings is 1. The Morgan fingerprint density at radius 3 is 2.64 bits per heavy atom. The number of carbonyl (C=O) groups excluding carboxylic acids is 2. The highest BCUT2D eigenvalue weighted by molar-refractivity contribution is 5.99. The van der Waals surface area contributed by atoms with Gasteiger partial charge in [0.15, 0.2) is 0 Å². The molecule has 3 rings (SSSR count). The normalized spacial score (nSPS) is 24.3. The number of carbonyl (C=O) groups is 2. The molecule has 7 heteroatoms. The van der Waals surface area contributed by atoms with Crippen molar-refractivity contribution in [1.82, 2.24) is 9.88 Å². The van der Waals surface area contributed by atoms with Gasteiger partial charge >= 0.3 is 0 Å². The van der Waals surface area contributed by atoms with Gasteiger partial charge in [-0.2, -0.15) is 0 Å². The number of hydrogen-bond acceptors (Lipinski definition) is 5. The fraction of sp³-hybridized carbons (Fsp3) is 0.611. The SMILES string of the molecule is CN(C)c1ccncc1C(=O)N1CCC([C@H]2OCC[C@@H]2C(N)=O)CC1. The highest BCUT2D eigenvalue weighted by Gasteiger charge is 2.40. The predicted molar refractivity (Wildman–Crippen MR) is 94.2 cm³/mol. The second kappa shape index (κ2) is 7.39. The van der Waals surface area contributed by atoms with E-state index in [0.29, 0.717) is 31.7 Å². The Morgan fingerprint density at radius 1 is 1.28 bits per heavy atom. The minimum absolute atomic E-state index is 0.00837. The molecule has 0 saturated carbocycles. The fourth-order valence-electron chi connectivity index (χ4n) is 3.92. The molecular weight excluding hydrogens is 320 g/mol. The Balaban J connectivity index is 1.65. The van der Waals surface area contributed by atoms with E-state index in [4.69, 9.17) is 10.5 Å². The largest absolute Gasteiger partial charge is 0.377 e. The summed E-state index contributed by atoms with van der Waals surface area (Å²) in [6.45, 7) is 1.92. The smallest absolute Gasteiger partial charge is 0.257 e. The third-order valence-corrected chi connectivity index (χ3v) is 5.30. The Hall–Kier alpha value is -2.15. The van der Waals surface area contributed by atoms with Gasteiger partial charge in [0.05, 0.1) is 23.3 Å². The molecule has 2 N–H and O–H groups in total. The van der Waals surface area contributed by atoms with E-state index in [0.717, 1.165) is 18.5 Å². The average Bonchev–Trinajstić information content (AvgIpc) is 3.11. The number of nitrogens with zero attached hydrogens (tertiary/aromatic N) is 3. The zero-order valence-corrected chi connectivity index (χ0v) is 14.9. The van der Waals surface area contributed by atoms with Crippen molar-refractivity contribution in [2.75, 3.05) is 38.7 Å². The molecule has 0 aliphatic carbocycles. The highest BCUT2D eigenvalue weighted by atomic mass is 16.5. The van der Waals surface area contributed by atoms with Gasteiger partial charge in [0.25, 0.3) is 5.91 Å². The Kier molecular flexibility index (Phi) is 5.22. The van der Waals surface area contributed by atoms with Crippen molar-refractivity contribution in [3.05, 3.63) is 24.0 Å². The summed E-state index contributed by atoms with van der Waals surface area (Å²) >= 11 is 0. The first-order valence-electron chi connectivity index (χ1n) is 8.80. The summed E-state index contributed by atoms with van der Waals surface area (Å²) in [6, 6.07) is 1.85. The molecule has 2 aliphatic heterocycles. The second-order valence-electron chi connectivity index (χ2n) is 7.05. The first-order chi connectivity index (χ1) is 12.0. The number of rotatable bonds is 4. The summed E-state index contributed by atoms with van der Waals surface area (Å²) in [7, 11) is 3.83. The number of aromatic nitrogens is 1. The number of primary amides is 1. The first-order valence-corrected chi connectivity index (χ1v) is 8.80. The van der Waals surface area contributed by atoms with Crippen molar-refractivity contribution in [2.45, 2.75) is 25.4 Å². The van der Waals surface area contributed by atoms with E-state index in [-0.39, 0.29) is 29.8 Å². The zero-order valence-electron chi connectivity index (χ0n) is 14.9. The van der Waals surface area contributed by atoms with E-state index < -0.39 is 0 Å². The van der Waals surface area contributed by atoms with Crippen LogP contribution < -0.4 is 10.6 Å². The summed E-state index contributed by atoms with van der Waals surface area (Å²) in [5.41, 5.74) is 6.99. The minimum Gasteiger partial charge on any atom is -0.377 e. The van der Waals surface area contributed by atoms with Gasteiger partial charge in [-0.15, -0.1) is 0 Å². The van der Waals surface area contributed by atoms with Crippen molar-refractivity contribution in [3.8, 4) is 0 Å². The summed E-state index contributed by atoms with van der Waals surface area (Å²) in [6.07, 6.45) is 5.61. The molecular formula is C18H26N4O3. The molecule has 0 bridgehead atoms. The van der Waals surface area contributed by atoms with E-state index in [1.807, 2.05) is 30.0 Å². The van der Waals surface area contributed by atoms with E-state index in [1.165, 1.54) is 0 Å². The maximum absolute atomic E-state index is 12.9. The number of ether oxygens (including phenoxy) is 1. The Labute approximate surface area is 148 Å². The van der Waals surface area contributed by atoms with Crippen LogP contribution in [0.3, 0.4) is 0 Å².